The van der Waals surface area contributed by atoms with Crippen molar-refractivity contribution >= 4 is 11.3 Å². The Kier molecular flexibility index (Phi) is 3.69. The number of nitrogens with one attached hydrogen (secondary N) is 1. The van der Waals surface area contributed by atoms with E-state index in [2.05, 4.69) is 53.3 Å². The molecule has 100 valence electrons. The number of hydrogen-bond donors (Lipinski definition) is 2. The molecule has 3 rings (SSSR count). The number of thiophene rings is 1. The van der Waals surface area contributed by atoms with Crippen LogP contribution in [0.25, 0.3) is 0 Å². The Morgan fingerprint density at radius 1 is 1.16 bits per heavy atom. The summed E-state index contributed by atoms with van der Waals surface area (Å²) in [5.74, 6) is 5.88. The molecule has 1 heterocycles. The summed E-state index contributed by atoms with van der Waals surface area (Å²) in [6.07, 6.45) is 4.79. The van der Waals surface area contributed by atoms with Crippen LogP contribution in [0.5, 0.6) is 0 Å². The highest BCUT2D eigenvalue weighted by Gasteiger charge is 2.44. The van der Waals surface area contributed by atoms with E-state index < -0.39 is 0 Å². The van der Waals surface area contributed by atoms with Crippen LogP contribution in [0, 0.1) is 0 Å². The SMILES string of the molecule is NNC(Cc1cccs1)C1(c2ccccc2)CCC1. The minimum Gasteiger partial charge on any atom is -0.271 e. The number of hydrazine groups is 1. The maximum atomic E-state index is 5.88. The highest BCUT2D eigenvalue weighted by atomic mass is 32.1. The Morgan fingerprint density at radius 3 is 2.47 bits per heavy atom. The van der Waals surface area contributed by atoms with E-state index in [9.17, 15) is 0 Å². The van der Waals surface area contributed by atoms with Crippen LogP contribution < -0.4 is 11.3 Å². The first kappa shape index (κ1) is 12.9. The monoisotopic (exact) mass is 272 g/mol. The molecule has 0 radical (unpaired) electrons. The molecule has 0 amide bonds. The molecular weight excluding hydrogens is 252 g/mol. The molecule has 1 aromatic carbocycles. The van der Waals surface area contributed by atoms with E-state index in [4.69, 9.17) is 5.84 Å². The highest BCUT2D eigenvalue weighted by Crippen LogP contribution is 2.47. The summed E-state index contributed by atoms with van der Waals surface area (Å²) in [6, 6.07) is 15.5. The first-order valence-corrected chi connectivity index (χ1v) is 7.77. The van der Waals surface area contributed by atoms with Crippen molar-refractivity contribution in [1.29, 1.82) is 0 Å². The summed E-state index contributed by atoms with van der Waals surface area (Å²) in [5.41, 5.74) is 4.74. The van der Waals surface area contributed by atoms with Gasteiger partial charge in [-0.1, -0.05) is 42.8 Å². The summed E-state index contributed by atoms with van der Waals surface area (Å²) in [4.78, 5) is 1.41. The van der Waals surface area contributed by atoms with Gasteiger partial charge in [0.1, 0.15) is 0 Å². The third-order valence-electron chi connectivity index (χ3n) is 4.45. The zero-order chi connectivity index (χ0) is 13.1. The molecule has 0 aliphatic heterocycles. The van der Waals surface area contributed by atoms with Crippen LogP contribution in [0.15, 0.2) is 47.8 Å². The van der Waals surface area contributed by atoms with Crippen molar-refractivity contribution in [2.75, 3.05) is 0 Å². The van der Waals surface area contributed by atoms with Crippen molar-refractivity contribution < 1.29 is 0 Å². The minimum absolute atomic E-state index is 0.222. The van der Waals surface area contributed by atoms with Gasteiger partial charge in [-0.15, -0.1) is 11.3 Å². The molecule has 1 atom stereocenters. The van der Waals surface area contributed by atoms with Crippen LogP contribution in [0.4, 0.5) is 0 Å². The van der Waals surface area contributed by atoms with Gasteiger partial charge in [-0.25, -0.2) is 0 Å². The van der Waals surface area contributed by atoms with Crippen molar-refractivity contribution in [1.82, 2.24) is 5.43 Å². The third kappa shape index (κ3) is 2.34. The first-order valence-electron chi connectivity index (χ1n) is 6.89. The van der Waals surface area contributed by atoms with Crippen LogP contribution in [0.3, 0.4) is 0 Å². The predicted octanol–water partition coefficient (Wildman–Crippen LogP) is 3.24. The lowest BCUT2D eigenvalue weighted by Crippen LogP contribution is -2.56. The zero-order valence-corrected chi connectivity index (χ0v) is 11.8. The van der Waals surface area contributed by atoms with Gasteiger partial charge in [0.15, 0.2) is 0 Å². The van der Waals surface area contributed by atoms with Crippen molar-refractivity contribution in [3.05, 3.63) is 58.3 Å². The second kappa shape index (κ2) is 5.45. The van der Waals surface area contributed by atoms with E-state index >= 15 is 0 Å². The molecule has 19 heavy (non-hydrogen) atoms. The summed E-state index contributed by atoms with van der Waals surface area (Å²) in [5, 5.41) is 2.14. The summed E-state index contributed by atoms with van der Waals surface area (Å²) < 4.78 is 0. The second-order valence-corrected chi connectivity index (χ2v) is 6.41. The van der Waals surface area contributed by atoms with Gasteiger partial charge < -0.3 is 0 Å². The molecule has 0 spiro atoms. The van der Waals surface area contributed by atoms with Crippen LogP contribution in [-0.4, -0.2) is 6.04 Å². The molecule has 3 heteroatoms. The summed E-state index contributed by atoms with van der Waals surface area (Å²) in [7, 11) is 0. The Labute approximate surface area is 118 Å². The normalized spacial score (nSPS) is 18.8. The van der Waals surface area contributed by atoms with E-state index in [0.717, 1.165) is 6.42 Å². The Bertz CT molecular complexity index is 503. The molecule has 1 aliphatic carbocycles. The van der Waals surface area contributed by atoms with Crippen LogP contribution in [-0.2, 0) is 11.8 Å². The largest absolute Gasteiger partial charge is 0.271 e. The molecule has 2 nitrogen and oxygen atoms in total. The highest BCUT2D eigenvalue weighted by molar-refractivity contribution is 7.09. The molecule has 1 saturated carbocycles. The van der Waals surface area contributed by atoms with Gasteiger partial charge in [-0.3, -0.25) is 11.3 Å². The van der Waals surface area contributed by atoms with Crippen molar-refractivity contribution in [2.24, 2.45) is 5.84 Å². The Morgan fingerprint density at radius 2 is 1.95 bits per heavy atom. The van der Waals surface area contributed by atoms with E-state index in [1.165, 1.54) is 29.7 Å². The Balaban J connectivity index is 1.87. The van der Waals surface area contributed by atoms with Crippen LogP contribution in [0.1, 0.15) is 29.7 Å². The van der Waals surface area contributed by atoms with Gasteiger partial charge in [0.25, 0.3) is 0 Å². The summed E-state index contributed by atoms with van der Waals surface area (Å²) in [6.45, 7) is 0. The fraction of sp³-hybridized carbons (Fsp3) is 0.375. The van der Waals surface area contributed by atoms with E-state index in [0.29, 0.717) is 6.04 Å². The topological polar surface area (TPSA) is 38.0 Å². The number of hydrogen-bond acceptors (Lipinski definition) is 3. The lowest BCUT2D eigenvalue weighted by atomic mass is 9.59. The number of nitrogens with two attached hydrogens (primary N) is 1. The van der Waals surface area contributed by atoms with Crippen LogP contribution >= 0.6 is 11.3 Å². The standard InChI is InChI=1S/C16H20N2S/c17-18-15(12-14-8-4-11-19-14)16(9-5-10-16)13-6-2-1-3-7-13/h1-4,6-8,11,15,18H,5,9-10,12,17H2. The maximum Gasteiger partial charge on any atom is 0.0355 e. The quantitative estimate of drug-likeness (QED) is 0.648. The second-order valence-electron chi connectivity index (χ2n) is 5.38. The fourth-order valence-electron chi connectivity index (χ4n) is 3.21. The van der Waals surface area contributed by atoms with Gasteiger partial charge in [0.2, 0.25) is 0 Å². The summed E-state index contributed by atoms with van der Waals surface area (Å²) >= 11 is 1.82. The fourth-order valence-corrected chi connectivity index (χ4v) is 3.96. The molecular formula is C16H20N2S. The lowest BCUT2D eigenvalue weighted by Gasteiger charge is -2.48. The maximum absolute atomic E-state index is 5.88. The average Bonchev–Trinajstić information content (AvgIpc) is 2.90. The van der Waals surface area contributed by atoms with Gasteiger partial charge in [0.05, 0.1) is 0 Å². The van der Waals surface area contributed by atoms with Crippen LogP contribution in [0.2, 0.25) is 0 Å². The van der Waals surface area contributed by atoms with Gasteiger partial charge >= 0.3 is 0 Å². The van der Waals surface area contributed by atoms with E-state index in [-0.39, 0.29) is 5.41 Å². The van der Waals surface area contributed by atoms with Crippen molar-refractivity contribution in [2.45, 2.75) is 37.1 Å². The zero-order valence-electron chi connectivity index (χ0n) is 11.0. The van der Waals surface area contributed by atoms with Gasteiger partial charge in [-0.05, 0) is 36.3 Å². The van der Waals surface area contributed by atoms with E-state index in [1.54, 1.807) is 0 Å². The molecule has 2 aromatic rings. The van der Waals surface area contributed by atoms with Gasteiger partial charge in [0, 0.05) is 16.3 Å². The number of benzene rings is 1. The molecule has 0 bridgehead atoms. The number of rotatable bonds is 5. The molecule has 1 fully saturated rings. The smallest absolute Gasteiger partial charge is 0.0355 e. The third-order valence-corrected chi connectivity index (χ3v) is 5.35. The molecule has 3 N–H and O–H groups in total. The van der Waals surface area contributed by atoms with E-state index in [1.807, 2.05) is 11.3 Å². The lowest BCUT2D eigenvalue weighted by molar-refractivity contribution is 0.169. The molecule has 1 aromatic heterocycles. The van der Waals surface area contributed by atoms with Crippen molar-refractivity contribution in [3.63, 3.8) is 0 Å². The average molecular weight is 272 g/mol. The molecule has 1 aliphatic rings. The molecule has 1 unspecified atom stereocenters. The van der Waals surface area contributed by atoms with Crippen molar-refractivity contribution in [3.8, 4) is 0 Å². The van der Waals surface area contributed by atoms with Gasteiger partial charge in [-0.2, -0.15) is 0 Å². The first-order chi connectivity index (χ1) is 9.35. The Hall–Kier alpha value is -1.16. The minimum atomic E-state index is 0.222. The molecule has 0 saturated heterocycles. The predicted molar refractivity (Wildman–Crippen MR) is 81.1 cm³/mol.